The van der Waals surface area contributed by atoms with E-state index in [1.807, 2.05) is 0 Å². The SMILES string of the molecule is CCCNC1CC2CCC(C1)N2C(C)C(=O)NCC(C)C. The Morgan fingerprint density at radius 2 is 1.81 bits per heavy atom. The van der Waals surface area contributed by atoms with Gasteiger partial charge in [0.25, 0.3) is 0 Å². The molecular weight excluding hydrogens is 262 g/mol. The van der Waals surface area contributed by atoms with Crippen molar-refractivity contribution in [3.63, 3.8) is 0 Å². The molecule has 1 amide bonds. The summed E-state index contributed by atoms with van der Waals surface area (Å²) in [5.41, 5.74) is 0. The first-order valence-electron chi connectivity index (χ1n) is 8.81. The highest BCUT2D eigenvalue weighted by molar-refractivity contribution is 5.81. The molecule has 3 unspecified atom stereocenters. The average Bonchev–Trinajstić information content (AvgIpc) is 2.72. The molecule has 0 aromatic rings. The molecule has 0 saturated carbocycles. The van der Waals surface area contributed by atoms with Gasteiger partial charge in [-0.25, -0.2) is 0 Å². The van der Waals surface area contributed by atoms with Gasteiger partial charge in [-0.15, -0.1) is 0 Å². The quantitative estimate of drug-likeness (QED) is 0.756. The van der Waals surface area contributed by atoms with E-state index in [2.05, 4.69) is 43.2 Å². The Labute approximate surface area is 130 Å². The van der Waals surface area contributed by atoms with Crippen LogP contribution in [0.15, 0.2) is 0 Å². The zero-order chi connectivity index (χ0) is 15.4. The molecule has 2 heterocycles. The van der Waals surface area contributed by atoms with E-state index < -0.39 is 0 Å². The van der Waals surface area contributed by atoms with E-state index in [1.54, 1.807) is 0 Å². The summed E-state index contributed by atoms with van der Waals surface area (Å²) in [5, 5.41) is 6.77. The first-order valence-corrected chi connectivity index (χ1v) is 8.81. The van der Waals surface area contributed by atoms with Crippen molar-refractivity contribution in [3.05, 3.63) is 0 Å². The van der Waals surface area contributed by atoms with Crippen LogP contribution < -0.4 is 10.6 Å². The van der Waals surface area contributed by atoms with Crippen molar-refractivity contribution in [2.75, 3.05) is 13.1 Å². The fourth-order valence-corrected chi connectivity index (χ4v) is 3.95. The smallest absolute Gasteiger partial charge is 0.237 e. The number of hydrogen-bond donors (Lipinski definition) is 2. The Balaban J connectivity index is 1.88. The van der Waals surface area contributed by atoms with Gasteiger partial charge in [-0.05, 0) is 51.5 Å². The Hall–Kier alpha value is -0.610. The minimum absolute atomic E-state index is 0.0216. The summed E-state index contributed by atoms with van der Waals surface area (Å²) in [6.45, 7) is 10.5. The first-order chi connectivity index (χ1) is 10.0. The number of carbonyl (C=O) groups excluding carboxylic acids is 1. The van der Waals surface area contributed by atoms with Crippen LogP contribution in [0.2, 0.25) is 0 Å². The van der Waals surface area contributed by atoms with Crippen LogP contribution in [0.4, 0.5) is 0 Å². The maximum Gasteiger partial charge on any atom is 0.237 e. The molecule has 2 bridgehead atoms. The van der Waals surface area contributed by atoms with E-state index in [0.29, 0.717) is 24.0 Å². The molecule has 0 aromatic heterocycles. The molecule has 4 heteroatoms. The van der Waals surface area contributed by atoms with Crippen molar-refractivity contribution in [1.82, 2.24) is 15.5 Å². The second kappa shape index (κ2) is 7.59. The molecule has 21 heavy (non-hydrogen) atoms. The van der Waals surface area contributed by atoms with Gasteiger partial charge in [0, 0.05) is 24.7 Å². The van der Waals surface area contributed by atoms with Gasteiger partial charge in [0.15, 0.2) is 0 Å². The lowest BCUT2D eigenvalue weighted by Crippen LogP contribution is -2.56. The summed E-state index contributed by atoms with van der Waals surface area (Å²) in [5.74, 6) is 0.724. The zero-order valence-electron chi connectivity index (χ0n) is 14.2. The third-order valence-corrected chi connectivity index (χ3v) is 4.98. The Morgan fingerprint density at radius 3 is 2.33 bits per heavy atom. The number of piperidine rings is 1. The highest BCUT2D eigenvalue weighted by atomic mass is 16.2. The molecule has 2 N–H and O–H groups in total. The van der Waals surface area contributed by atoms with Gasteiger partial charge >= 0.3 is 0 Å². The van der Waals surface area contributed by atoms with Crippen molar-refractivity contribution in [2.45, 2.75) is 84.0 Å². The van der Waals surface area contributed by atoms with Crippen LogP contribution in [0.3, 0.4) is 0 Å². The fraction of sp³-hybridized carbons (Fsp3) is 0.941. The molecular formula is C17H33N3O. The Bertz CT molecular complexity index is 331. The topological polar surface area (TPSA) is 44.4 Å². The van der Waals surface area contributed by atoms with Gasteiger partial charge in [0.2, 0.25) is 5.91 Å². The molecule has 2 fully saturated rings. The summed E-state index contributed by atoms with van der Waals surface area (Å²) in [6.07, 6.45) is 6.13. The highest BCUT2D eigenvalue weighted by Gasteiger charge is 2.44. The van der Waals surface area contributed by atoms with Crippen LogP contribution in [0.5, 0.6) is 0 Å². The van der Waals surface area contributed by atoms with E-state index in [1.165, 1.54) is 32.1 Å². The lowest BCUT2D eigenvalue weighted by atomic mass is 9.95. The number of nitrogens with zero attached hydrogens (tertiary/aromatic N) is 1. The van der Waals surface area contributed by atoms with Gasteiger partial charge < -0.3 is 10.6 Å². The van der Waals surface area contributed by atoms with Crippen LogP contribution in [0.25, 0.3) is 0 Å². The van der Waals surface area contributed by atoms with Crippen LogP contribution in [0.1, 0.15) is 59.8 Å². The Kier molecular flexibility index (Phi) is 6.06. The molecule has 0 aliphatic carbocycles. The predicted molar refractivity (Wildman–Crippen MR) is 87.3 cm³/mol. The van der Waals surface area contributed by atoms with E-state index in [4.69, 9.17) is 0 Å². The van der Waals surface area contributed by atoms with Gasteiger partial charge in [0.1, 0.15) is 0 Å². The van der Waals surface area contributed by atoms with E-state index in [9.17, 15) is 4.79 Å². The molecule has 4 nitrogen and oxygen atoms in total. The number of rotatable bonds is 7. The summed E-state index contributed by atoms with van der Waals surface area (Å²) in [4.78, 5) is 14.9. The third kappa shape index (κ3) is 4.19. The van der Waals surface area contributed by atoms with Crippen LogP contribution in [-0.2, 0) is 4.79 Å². The largest absolute Gasteiger partial charge is 0.354 e. The molecule has 0 radical (unpaired) electrons. The molecule has 2 rings (SSSR count). The van der Waals surface area contributed by atoms with Crippen molar-refractivity contribution < 1.29 is 4.79 Å². The second-order valence-corrected chi connectivity index (χ2v) is 7.27. The normalized spacial score (nSPS) is 30.6. The summed E-state index contributed by atoms with van der Waals surface area (Å²) >= 11 is 0. The minimum atomic E-state index is 0.0216. The van der Waals surface area contributed by atoms with Gasteiger partial charge in [-0.2, -0.15) is 0 Å². The minimum Gasteiger partial charge on any atom is -0.354 e. The van der Waals surface area contributed by atoms with Crippen LogP contribution in [0, 0.1) is 5.92 Å². The zero-order valence-corrected chi connectivity index (χ0v) is 14.2. The number of hydrogen-bond acceptors (Lipinski definition) is 3. The van der Waals surface area contributed by atoms with Crippen molar-refractivity contribution in [1.29, 1.82) is 0 Å². The maximum atomic E-state index is 12.4. The van der Waals surface area contributed by atoms with Gasteiger partial charge in [-0.1, -0.05) is 20.8 Å². The molecule has 122 valence electrons. The molecule has 2 aliphatic heterocycles. The monoisotopic (exact) mass is 295 g/mol. The van der Waals surface area contributed by atoms with E-state index in [-0.39, 0.29) is 11.9 Å². The molecule has 2 saturated heterocycles. The third-order valence-electron chi connectivity index (χ3n) is 4.98. The summed E-state index contributed by atoms with van der Waals surface area (Å²) in [7, 11) is 0. The fourth-order valence-electron chi connectivity index (χ4n) is 3.95. The molecule has 0 spiro atoms. The average molecular weight is 295 g/mol. The lowest BCUT2D eigenvalue weighted by molar-refractivity contribution is -0.128. The number of carbonyl (C=O) groups is 1. The summed E-state index contributed by atoms with van der Waals surface area (Å²) < 4.78 is 0. The number of amides is 1. The first kappa shape index (κ1) is 16.8. The van der Waals surface area contributed by atoms with Gasteiger partial charge in [0.05, 0.1) is 6.04 Å². The second-order valence-electron chi connectivity index (χ2n) is 7.27. The maximum absolute atomic E-state index is 12.4. The predicted octanol–water partition coefficient (Wildman–Crippen LogP) is 2.14. The number of fused-ring (bicyclic) bond motifs is 2. The Morgan fingerprint density at radius 1 is 1.19 bits per heavy atom. The summed E-state index contributed by atoms with van der Waals surface area (Å²) in [6, 6.07) is 1.87. The highest BCUT2D eigenvalue weighted by Crippen LogP contribution is 2.37. The van der Waals surface area contributed by atoms with Crippen molar-refractivity contribution >= 4 is 5.91 Å². The van der Waals surface area contributed by atoms with Gasteiger partial charge in [-0.3, -0.25) is 9.69 Å². The molecule has 2 aliphatic rings. The molecule has 3 atom stereocenters. The molecule has 0 aromatic carbocycles. The van der Waals surface area contributed by atoms with Crippen molar-refractivity contribution in [2.24, 2.45) is 5.92 Å². The standard InChI is InChI=1S/C17H33N3O/c1-5-8-18-14-9-15-6-7-16(10-14)20(15)13(4)17(21)19-11-12(2)3/h12-16,18H,5-11H2,1-4H3,(H,19,21). The van der Waals surface area contributed by atoms with Crippen LogP contribution in [-0.4, -0.2) is 48.1 Å². The van der Waals surface area contributed by atoms with Crippen molar-refractivity contribution in [3.8, 4) is 0 Å². The van der Waals surface area contributed by atoms with E-state index >= 15 is 0 Å². The lowest BCUT2D eigenvalue weighted by Gasteiger charge is -2.42. The number of nitrogens with one attached hydrogen (secondary N) is 2. The van der Waals surface area contributed by atoms with Crippen LogP contribution >= 0.6 is 0 Å². The van der Waals surface area contributed by atoms with E-state index in [0.717, 1.165) is 13.1 Å².